The van der Waals surface area contributed by atoms with Crippen molar-refractivity contribution >= 4 is 11.6 Å². The summed E-state index contributed by atoms with van der Waals surface area (Å²) in [5, 5.41) is 3.18. The molecule has 0 bridgehead atoms. The van der Waals surface area contributed by atoms with Crippen molar-refractivity contribution in [1.82, 2.24) is 5.32 Å². The average molecular weight is 475 g/mol. The Morgan fingerprint density at radius 1 is 1.09 bits per heavy atom. The summed E-state index contributed by atoms with van der Waals surface area (Å²) in [5.41, 5.74) is 4.38. The molecule has 0 spiro atoms. The van der Waals surface area contributed by atoms with Crippen LogP contribution in [0.1, 0.15) is 47.0 Å². The first-order chi connectivity index (χ1) is 17.1. The summed E-state index contributed by atoms with van der Waals surface area (Å²) in [6, 6.07) is 16.8. The lowest BCUT2D eigenvalue weighted by molar-refractivity contribution is 0.0484. The molecule has 7 nitrogen and oxygen atoms in total. The standard InChI is InChI=1S/C28H30N2O5/c1-19-14-20-4-2-3-5-23(20)30(19)16-21-8-11-33-26(21)27(31)29-17-28(9-12-32-13-10-28)22-6-7-24-25(15-22)35-18-34-24/h2-8,11,15,19H,9-10,12-14,16-18H2,1H3,(H,29,31). The van der Waals surface area contributed by atoms with Gasteiger partial charge in [0.2, 0.25) is 6.79 Å². The van der Waals surface area contributed by atoms with E-state index >= 15 is 0 Å². The summed E-state index contributed by atoms with van der Waals surface area (Å²) in [7, 11) is 0. The zero-order valence-corrected chi connectivity index (χ0v) is 19.9. The minimum absolute atomic E-state index is 0.184. The van der Waals surface area contributed by atoms with Crippen LogP contribution >= 0.6 is 0 Å². The first-order valence-electron chi connectivity index (χ1n) is 12.3. The van der Waals surface area contributed by atoms with E-state index in [0.717, 1.165) is 41.9 Å². The van der Waals surface area contributed by atoms with Gasteiger partial charge in [0, 0.05) is 49.0 Å². The topological polar surface area (TPSA) is 73.2 Å². The van der Waals surface area contributed by atoms with E-state index in [1.165, 1.54) is 11.3 Å². The number of anilines is 1. The second-order valence-electron chi connectivity index (χ2n) is 9.73. The van der Waals surface area contributed by atoms with Crippen molar-refractivity contribution in [3.63, 3.8) is 0 Å². The molecule has 1 fully saturated rings. The van der Waals surface area contributed by atoms with Gasteiger partial charge in [-0.05, 0) is 61.6 Å². The number of hydrogen-bond donors (Lipinski definition) is 1. The predicted molar refractivity (Wildman–Crippen MR) is 131 cm³/mol. The van der Waals surface area contributed by atoms with Gasteiger partial charge in [-0.3, -0.25) is 4.79 Å². The van der Waals surface area contributed by atoms with Crippen LogP contribution in [0.25, 0.3) is 0 Å². The van der Waals surface area contributed by atoms with Gasteiger partial charge >= 0.3 is 0 Å². The number of benzene rings is 2. The van der Waals surface area contributed by atoms with Crippen LogP contribution in [0, 0.1) is 0 Å². The van der Waals surface area contributed by atoms with Gasteiger partial charge in [0.15, 0.2) is 17.3 Å². The molecule has 182 valence electrons. The van der Waals surface area contributed by atoms with E-state index < -0.39 is 0 Å². The van der Waals surface area contributed by atoms with Gasteiger partial charge in [-0.15, -0.1) is 0 Å². The number of fused-ring (bicyclic) bond motifs is 2. The van der Waals surface area contributed by atoms with Crippen molar-refractivity contribution in [1.29, 1.82) is 0 Å². The molecule has 1 amide bonds. The molecule has 1 atom stereocenters. The molecule has 3 aliphatic rings. The zero-order valence-electron chi connectivity index (χ0n) is 19.9. The summed E-state index contributed by atoms with van der Waals surface area (Å²) < 4.78 is 22.5. The second-order valence-corrected chi connectivity index (χ2v) is 9.73. The highest BCUT2D eigenvalue weighted by atomic mass is 16.7. The molecule has 1 aromatic heterocycles. The van der Waals surface area contributed by atoms with Gasteiger partial charge in [0.1, 0.15) is 0 Å². The van der Waals surface area contributed by atoms with E-state index in [2.05, 4.69) is 47.5 Å². The maximum Gasteiger partial charge on any atom is 0.287 e. The molecule has 4 heterocycles. The van der Waals surface area contributed by atoms with Crippen LogP contribution in [0.4, 0.5) is 5.69 Å². The Balaban J connectivity index is 1.20. The molecule has 0 aliphatic carbocycles. The Hall–Kier alpha value is -3.45. The molecule has 3 aromatic rings. The number of para-hydroxylation sites is 1. The van der Waals surface area contributed by atoms with Gasteiger partial charge in [-0.1, -0.05) is 24.3 Å². The first kappa shape index (κ1) is 22.0. The summed E-state index contributed by atoms with van der Waals surface area (Å²) in [6.07, 6.45) is 4.26. The van der Waals surface area contributed by atoms with Crippen LogP contribution in [0.5, 0.6) is 11.5 Å². The lowest BCUT2D eigenvalue weighted by Gasteiger charge is -2.38. The van der Waals surface area contributed by atoms with Gasteiger partial charge in [0.25, 0.3) is 5.91 Å². The van der Waals surface area contributed by atoms with Crippen molar-refractivity contribution in [3.8, 4) is 11.5 Å². The van der Waals surface area contributed by atoms with Gasteiger partial charge in [-0.25, -0.2) is 0 Å². The number of nitrogens with zero attached hydrogens (tertiary/aromatic N) is 1. The third-order valence-corrected chi connectivity index (χ3v) is 7.66. The van der Waals surface area contributed by atoms with Crippen molar-refractivity contribution in [3.05, 3.63) is 77.2 Å². The van der Waals surface area contributed by atoms with E-state index in [0.29, 0.717) is 38.1 Å². The van der Waals surface area contributed by atoms with Crippen molar-refractivity contribution in [2.24, 2.45) is 0 Å². The molecular weight excluding hydrogens is 444 g/mol. The van der Waals surface area contributed by atoms with Crippen LogP contribution in [-0.2, 0) is 23.1 Å². The van der Waals surface area contributed by atoms with Gasteiger partial charge in [-0.2, -0.15) is 0 Å². The molecule has 7 heteroatoms. The summed E-state index contributed by atoms with van der Waals surface area (Å²) >= 11 is 0. The number of hydrogen-bond acceptors (Lipinski definition) is 6. The number of nitrogens with one attached hydrogen (secondary N) is 1. The molecule has 1 N–H and O–H groups in total. The van der Waals surface area contributed by atoms with E-state index in [1.807, 2.05) is 18.2 Å². The van der Waals surface area contributed by atoms with Crippen molar-refractivity contribution in [2.75, 3.05) is 31.5 Å². The molecular formula is C28H30N2O5. The van der Waals surface area contributed by atoms with Crippen LogP contribution in [0.15, 0.2) is 59.2 Å². The number of rotatable bonds is 6. The second kappa shape index (κ2) is 8.96. The highest BCUT2D eigenvalue weighted by Gasteiger charge is 2.37. The Bertz CT molecular complexity index is 1230. The monoisotopic (exact) mass is 474 g/mol. The third kappa shape index (κ3) is 4.04. The number of ether oxygens (including phenoxy) is 3. The highest BCUT2D eigenvalue weighted by molar-refractivity contribution is 5.93. The lowest BCUT2D eigenvalue weighted by atomic mass is 9.74. The molecule has 35 heavy (non-hydrogen) atoms. The van der Waals surface area contributed by atoms with Crippen LogP contribution < -0.4 is 19.7 Å². The fourth-order valence-corrected chi connectivity index (χ4v) is 5.60. The Morgan fingerprint density at radius 2 is 1.91 bits per heavy atom. The quantitative estimate of drug-likeness (QED) is 0.570. The smallest absolute Gasteiger partial charge is 0.287 e. The molecule has 3 aliphatic heterocycles. The maximum atomic E-state index is 13.3. The van der Waals surface area contributed by atoms with Crippen LogP contribution in [0.2, 0.25) is 0 Å². The first-order valence-corrected chi connectivity index (χ1v) is 12.3. The number of carbonyl (C=O) groups excluding carboxylic acids is 1. The van der Waals surface area contributed by atoms with E-state index in [9.17, 15) is 4.79 Å². The van der Waals surface area contributed by atoms with Crippen LogP contribution in [0.3, 0.4) is 0 Å². The number of amides is 1. The number of carbonyl (C=O) groups is 1. The fourth-order valence-electron chi connectivity index (χ4n) is 5.60. The normalized spacial score (nSPS) is 20.0. The van der Waals surface area contributed by atoms with E-state index in [-0.39, 0.29) is 18.1 Å². The number of furan rings is 1. The van der Waals surface area contributed by atoms with Crippen molar-refractivity contribution < 1.29 is 23.4 Å². The third-order valence-electron chi connectivity index (χ3n) is 7.66. The highest BCUT2D eigenvalue weighted by Crippen LogP contribution is 2.41. The van der Waals surface area contributed by atoms with Crippen molar-refractivity contribution in [2.45, 2.75) is 44.2 Å². The Morgan fingerprint density at radius 3 is 2.80 bits per heavy atom. The van der Waals surface area contributed by atoms with Gasteiger partial charge < -0.3 is 28.8 Å². The lowest BCUT2D eigenvalue weighted by Crippen LogP contribution is -2.44. The predicted octanol–water partition coefficient (Wildman–Crippen LogP) is 4.44. The largest absolute Gasteiger partial charge is 0.459 e. The summed E-state index contributed by atoms with van der Waals surface area (Å²) in [6.45, 7) is 4.91. The summed E-state index contributed by atoms with van der Waals surface area (Å²) in [4.78, 5) is 15.7. The van der Waals surface area contributed by atoms with E-state index in [1.54, 1.807) is 6.26 Å². The molecule has 2 aromatic carbocycles. The summed E-state index contributed by atoms with van der Waals surface area (Å²) in [5.74, 6) is 1.72. The minimum Gasteiger partial charge on any atom is -0.459 e. The van der Waals surface area contributed by atoms with Gasteiger partial charge in [0.05, 0.1) is 6.26 Å². The minimum atomic E-state index is -0.232. The SMILES string of the molecule is CC1Cc2ccccc2N1Cc1ccoc1C(=O)NCC1(c2ccc3c(c2)OCO3)CCOCC1. The van der Waals surface area contributed by atoms with Crippen LogP contribution in [-0.4, -0.2) is 38.5 Å². The Kier molecular flexibility index (Phi) is 5.65. The van der Waals surface area contributed by atoms with E-state index in [4.69, 9.17) is 18.6 Å². The molecule has 0 saturated carbocycles. The molecule has 6 rings (SSSR count). The molecule has 1 saturated heterocycles. The fraction of sp³-hybridized carbons (Fsp3) is 0.393. The molecule has 0 radical (unpaired) electrons. The average Bonchev–Trinajstić information content (AvgIpc) is 3.62. The maximum absolute atomic E-state index is 13.3. The molecule has 1 unspecified atom stereocenters. The zero-order chi connectivity index (χ0) is 23.8. The Labute approximate surface area is 205 Å².